The first-order chi connectivity index (χ1) is 16.3. The average molecular weight is 500 g/mol. The maximum Gasteiger partial charge on any atom is 0.295 e. The SMILES string of the molecule is COc1c(Cl)cc(/C(O)=C2\C(=O)C(=O)N(CCc3ccc(F)cc3)C2c2ccccc2)cc1Cl. The number of benzene rings is 3. The van der Waals surface area contributed by atoms with Gasteiger partial charge in [0, 0.05) is 12.1 Å². The summed E-state index contributed by atoms with van der Waals surface area (Å²) in [6, 6.07) is 16.9. The second-order valence-corrected chi connectivity index (χ2v) is 8.57. The van der Waals surface area contributed by atoms with E-state index in [4.69, 9.17) is 27.9 Å². The van der Waals surface area contributed by atoms with Crippen molar-refractivity contribution in [3.63, 3.8) is 0 Å². The van der Waals surface area contributed by atoms with Crippen molar-refractivity contribution in [1.82, 2.24) is 4.90 Å². The van der Waals surface area contributed by atoms with Gasteiger partial charge in [0.1, 0.15) is 11.6 Å². The lowest BCUT2D eigenvalue weighted by molar-refractivity contribution is -0.139. The zero-order chi connectivity index (χ0) is 24.4. The van der Waals surface area contributed by atoms with Crippen LogP contribution in [-0.2, 0) is 16.0 Å². The molecule has 1 aliphatic heterocycles. The number of amides is 1. The van der Waals surface area contributed by atoms with Crippen LogP contribution in [0.3, 0.4) is 0 Å². The molecule has 3 aromatic carbocycles. The number of aliphatic hydroxyl groups excluding tert-OH is 1. The van der Waals surface area contributed by atoms with Crippen molar-refractivity contribution in [2.75, 3.05) is 13.7 Å². The fourth-order valence-corrected chi connectivity index (χ4v) is 4.68. The van der Waals surface area contributed by atoms with Crippen molar-refractivity contribution in [2.24, 2.45) is 0 Å². The molecule has 0 bridgehead atoms. The Hall–Kier alpha value is -3.35. The lowest BCUT2D eigenvalue weighted by Gasteiger charge is -2.25. The fraction of sp³-hybridized carbons (Fsp3) is 0.154. The number of halogens is 3. The molecule has 0 saturated carbocycles. The summed E-state index contributed by atoms with van der Waals surface area (Å²) in [5.41, 5.74) is 1.60. The number of ketones is 1. The molecule has 0 spiro atoms. The number of ether oxygens (including phenoxy) is 1. The van der Waals surface area contributed by atoms with Gasteiger partial charge in [0.2, 0.25) is 0 Å². The highest BCUT2D eigenvalue weighted by molar-refractivity contribution is 6.46. The van der Waals surface area contributed by atoms with E-state index in [1.165, 1.54) is 36.3 Å². The molecule has 34 heavy (non-hydrogen) atoms. The van der Waals surface area contributed by atoms with Crippen LogP contribution in [0, 0.1) is 5.82 Å². The summed E-state index contributed by atoms with van der Waals surface area (Å²) in [4.78, 5) is 27.6. The van der Waals surface area contributed by atoms with Gasteiger partial charge in [-0.25, -0.2) is 4.39 Å². The molecule has 1 unspecified atom stereocenters. The predicted molar refractivity (Wildman–Crippen MR) is 129 cm³/mol. The van der Waals surface area contributed by atoms with Crippen molar-refractivity contribution in [3.8, 4) is 5.75 Å². The maximum atomic E-state index is 13.3. The number of carbonyl (C=O) groups is 2. The Bertz CT molecular complexity index is 1250. The van der Waals surface area contributed by atoms with E-state index in [-0.39, 0.29) is 45.1 Å². The second kappa shape index (κ2) is 9.87. The van der Waals surface area contributed by atoms with Crippen LogP contribution in [0.4, 0.5) is 4.39 Å². The van der Waals surface area contributed by atoms with Crippen LogP contribution >= 0.6 is 23.2 Å². The van der Waals surface area contributed by atoms with Crippen molar-refractivity contribution in [3.05, 3.63) is 105 Å². The summed E-state index contributed by atoms with van der Waals surface area (Å²) < 4.78 is 18.4. The number of hydrogen-bond acceptors (Lipinski definition) is 4. The van der Waals surface area contributed by atoms with E-state index in [0.29, 0.717) is 12.0 Å². The van der Waals surface area contributed by atoms with E-state index < -0.39 is 17.7 Å². The lowest BCUT2D eigenvalue weighted by atomic mass is 9.95. The Morgan fingerprint density at radius 2 is 1.65 bits per heavy atom. The van der Waals surface area contributed by atoms with Gasteiger partial charge in [0.25, 0.3) is 11.7 Å². The van der Waals surface area contributed by atoms with Gasteiger partial charge in [-0.3, -0.25) is 9.59 Å². The highest BCUT2D eigenvalue weighted by atomic mass is 35.5. The minimum atomic E-state index is -0.818. The number of likely N-dealkylation sites (tertiary alicyclic amines) is 1. The number of nitrogens with zero attached hydrogens (tertiary/aromatic N) is 1. The van der Waals surface area contributed by atoms with Crippen LogP contribution in [0.1, 0.15) is 22.7 Å². The fourth-order valence-electron chi connectivity index (χ4n) is 4.04. The number of carbonyl (C=O) groups excluding carboxylic acids is 2. The van der Waals surface area contributed by atoms with E-state index in [2.05, 4.69) is 0 Å². The molecule has 1 aliphatic rings. The number of hydrogen-bond donors (Lipinski definition) is 1. The first-order valence-corrected chi connectivity index (χ1v) is 11.2. The van der Waals surface area contributed by atoms with Crippen LogP contribution in [0.5, 0.6) is 5.75 Å². The Balaban J connectivity index is 1.78. The predicted octanol–water partition coefficient (Wildman–Crippen LogP) is 5.81. The highest BCUT2D eigenvalue weighted by Crippen LogP contribution is 2.41. The molecular formula is C26H20Cl2FNO4. The van der Waals surface area contributed by atoms with Crippen LogP contribution in [0.25, 0.3) is 5.76 Å². The third-order valence-corrected chi connectivity index (χ3v) is 6.25. The normalized spacial score (nSPS) is 17.3. The number of rotatable bonds is 6. The lowest BCUT2D eigenvalue weighted by Crippen LogP contribution is -2.31. The topological polar surface area (TPSA) is 66.8 Å². The van der Waals surface area contributed by atoms with E-state index >= 15 is 0 Å². The zero-order valence-corrected chi connectivity index (χ0v) is 19.6. The van der Waals surface area contributed by atoms with Crippen LogP contribution in [-0.4, -0.2) is 35.4 Å². The van der Waals surface area contributed by atoms with Gasteiger partial charge in [-0.1, -0.05) is 65.7 Å². The second-order valence-electron chi connectivity index (χ2n) is 7.75. The molecule has 4 rings (SSSR count). The molecule has 1 atom stereocenters. The molecule has 3 aromatic rings. The van der Waals surface area contributed by atoms with Gasteiger partial charge in [-0.2, -0.15) is 0 Å². The van der Waals surface area contributed by atoms with Crippen LogP contribution in [0.2, 0.25) is 10.0 Å². The molecule has 1 amide bonds. The van der Waals surface area contributed by atoms with Gasteiger partial charge in [0.15, 0.2) is 5.75 Å². The summed E-state index contributed by atoms with van der Waals surface area (Å²) in [7, 11) is 1.41. The molecule has 0 aromatic heterocycles. The van der Waals surface area contributed by atoms with E-state index in [1.807, 2.05) is 6.07 Å². The van der Waals surface area contributed by atoms with Gasteiger partial charge >= 0.3 is 0 Å². The van der Waals surface area contributed by atoms with Gasteiger partial charge < -0.3 is 14.7 Å². The van der Waals surface area contributed by atoms with Crippen molar-refractivity contribution < 1.29 is 23.8 Å². The Morgan fingerprint density at radius 3 is 2.24 bits per heavy atom. The molecule has 8 heteroatoms. The van der Waals surface area contributed by atoms with E-state index in [0.717, 1.165) is 5.56 Å². The highest BCUT2D eigenvalue weighted by Gasteiger charge is 2.45. The third kappa shape index (κ3) is 4.52. The molecule has 1 fully saturated rings. The Kier molecular flexibility index (Phi) is 6.91. The van der Waals surface area contributed by atoms with Crippen molar-refractivity contribution in [2.45, 2.75) is 12.5 Å². The summed E-state index contributed by atoms with van der Waals surface area (Å²) in [6.07, 6.45) is 0.400. The van der Waals surface area contributed by atoms with Crippen LogP contribution in [0.15, 0.2) is 72.3 Å². The molecule has 0 aliphatic carbocycles. The smallest absolute Gasteiger partial charge is 0.295 e. The van der Waals surface area contributed by atoms with Crippen molar-refractivity contribution in [1.29, 1.82) is 0 Å². The van der Waals surface area contributed by atoms with Gasteiger partial charge in [-0.05, 0) is 41.8 Å². The number of Topliss-reactive ketones (excluding diaryl/α,β-unsaturated/α-hetero) is 1. The summed E-state index contributed by atoms with van der Waals surface area (Å²) in [5.74, 6) is -2.05. The maximum absolute atomic E-state index is 13.3. The third-order valence-electron chi connectivity index (χ3n) is 5.69. The number of methoxy groups -OCH3 is 1. The average Bonchev–Trinajstić information content (AvgIpc) is 3.08. The molecule has 174 valence electrons. The van der Waals surface area contributed by atoms with Crippen molar-refractivity contribution >= 4 is 40.7 Å². The monoisotopic (exact) mass is 499 g/mol. The quantitative estimate of drug-likeness (QED) is 0.264. The summed E-state index contributed by atoms with van der Waals surface area (Å²) >= 11 is 12.5. The van der Waals surface area contributed by atoms with Gasteiger partial charge in [-0.15, -0.1) is 0 Å². The summed E-state index contributed by atoms with van der Waals surface area (Å²) in [6.45, 7) is 0.191. The standard InChI is InChI=1S/C26H20Cl2FNO4/c1-34-25-19(27)13-17(14-20(25)28)23(31)21-22(16-5-3-2-4-6-16)30(26(33)24(21)32)12-11-15-7-9-18(29)10-8-15/h2-10,13-14,22,31H,11-12H2,1H3/b23-21+. The minimum absolute atomic E-state index is 0.0624. The first kappa shape index (κ1) is 23.8. The molecule has 1 N–H and O–H groups in total. The molecule has 1 saturated heterocycles. The van der Waals surface area contributed by atoms with E-state index in [9.17, 15) is 19.1 Å². The summed E-state index contributed by atoms with van der Waals surface area (Å²) in [5, 5.41) is 11.5. The zero-order valence-electron chi connectivity index (χ0n) is 18.1. The molecule has 0 radical (unpaired) electrons. The molecule has 5 nitrogen and oxygen atoms in total. The van der Waals surface area contributed by atoms with Gasteiger partial charge in [0.05, 0.1) is 28.8 Å². The molecular weight excluding hydrogens is 480 g/mol. The largest absolute Gasteiger partial charge is 0.507 e. The van der Waals surface area contributed by atoms with E-state index in [1.54, 1.807) is 36.4 Å². The number of aliphatic hydroxyl groups is 1. The molecule has 1 heterocycles. The van der Waals surface area contributed by atoms with Crippen LogP contribution < -0.4 is 4.74 Å². The Morgan fingerprint density at radius 1 is 1.03 bits per heavy atom. The Labute approximate surface area is 206 Å². The first-order valence-electron chi connectivity index (χ1n) is 10.4. The minimum Gasteiger partial charge on any atom is -0.507 e.